The van der Waals surface area contributed by atoms with Crippen LogP contribution in [0.5, 0.6) is 0 Å². The lowest BCUT2D eigenvalue weighted by Gasteiger charge is -2.31. The summed E-state index contributed by atoms with van der Waals surface area (Å²) < 4.78 is 0. The molecule has 0 aliphatic rings. The SMILES string of the molecule is CC[C@H](C)[C@H](NC(=O)[C@H](CCCCN)NC(=O)[C@H](CCC(=O)O)NC(=O)[C@@H](N)CCCN=C(N)N)C(=O)N[C@H](C(=O)N[C@@H](CCC(=O)O)C(=O)N[C@H](C(=O)N[C@@H](CCSC)C(=O)N[C@@H](Cc1ccccc1)C(=O)O)C(C)C)C(C)C. The van der Waals surface area contributed by atoms with Gasteiger partial charge in [0.1, 0.15) is 48.3 Å². The molecule has 0 unspecified atom stereocenters. The third-order valence-corrected chi connectivity index (χ3v) is 13.5. The molecular formula is C52H87N13O14S. The molecule has 0 fully saturated rings. The van der Waals surface area contributed by atoms with Crippen molar-refractivity contribution in [2.75, 3.05) is 25.1 Å². The first-order chi connectivity index (χ1) is 37.7. The van der Waals surface area contributed by atoms with E-state index in [2.05, 4.69) is 47.5 Å². The molecule has 27 nitrogen and oxygen atoms in total. The Kier molecular flexibility index (Phi) is 33.5. The second-order valence-electron chi connectivity index (χ2n) is 20.2. The van der Waals surface area contributed by atoms with Crippen molar-refractivity contribution in [3.8, 4) is 0 Å². The highest BCUT2D eigenvalue weighted by molar-refractivity contribution is 7.98. The Bertz CT molecular complexity index is 2240. The van der Waals surface area contributed by atoms with E-state index in [9.17, 15) is 68.1 Å². The topological polar surface area (TPSA) is 461 Å². The second kappa shape index (κ2) is 37.7. The van der Waals surface area contributed by atoms with Crippen LogP contribution < -0.4 is 65.5 Å². The van der Waals surface area contributed by atoms with Crippen LogP contribution in [0.25, 0.3) is 0 Å². The Morgan fingerprint density at radius 3 is 1.41 bits per heavy atom. The van der Waals surface area contributed by atoms with Crippen molar-refractivity contribution < 1.29 is 68.1 Å². The lowest BCUT2D eigenvalue weighted by molar-refractivity contribution is -0.142. The molecule has 0 radical (unpaired) electrons. The number of hydrogen-bond donors (Lipinski definition) is 15. The molecule has 10 atom stereocenters. The highest BCUT2D eigenvalue weighted by Gasteiger charge is 2.37. The molecule has 0 bridgehead atoms. The summed E-state index contributed by atoms with van der Waals surface area (Å²) in [5.41, 5.74) is 23.1. The van der Waals surface area contributed by atoms with Crippen LogP contribution in [0.1, 0.15) is 118 Å². The van der Waals surface area contributed by atoms with Crippen molar-refractivity contribution in [3.63, 3.8) is 0 Å². The van der Waals surface area contributed by atoms with Crippen molar-refractivity contribution >= 4 is 82.9 Å². The number of aliphatic carboxylic acids is 3. The number of carbonyl (C=O) groups excluding carboxylic acids is 8. The number of nitrogens with one attached hydrogen (secondary N) is 8. The number of carboxylic acid groups (broad SMARTS) is 3. The summed E-state index contributed by atoms with van der Waals surface area (Å²) in [7, 11) is 0. The van der Waals surface area contributed by atoms with Crippen LogP contribution >= 0.6 is 11.8 Å². The zero-order chi connectivity index (χ0) is 60.6. The van der Waals surface area contributed by atoms with E-state index in [1.165, 1.54) is 11.8 Å². The predicted octanol–water partition coefficient (Wildman–Crippen LogP) is -1.46. The van der Waals surface area contributed by atoms with Crippen molar-refractivity contribution in [1.29, 1.82) is 0 Å². The van der Waals surface area contributed by atoms with Gasteiger partial charge in [-0.15, -0.1) is 0 Å². The number of nitrogens with zero attached hydrogens (tertiary/aromatic N) is 1. The molecule has 0 saturated carbocycles. The summed E-state index contributed by atoms with van der Waals surface area (Å²) in [6.07, 6.45) is 1.30. The first-order valence-electron chi connectivity index (χ1n) is 26.8. The first-order valence-corrected chi connectivity index (χ1v) is 28.2. The van der Waals surface area contributed by atoms with E-state index in [1.54, 1.807) is 78.1 Å². The van der Waals surface area contributed by atoms with Gasteiger partial charge >= 0.3 is 17.9 Å². The number of rotatable bonds is 40. The van der Waals surface area contributed by atoms with Gasteiger partial charge in [-0.05, 0) is 93.2 Å². The van der Waals surface area contributed by atoms with Gasteiger partial charge in [0.2, 0.25) is 47.3 Å². The quantitative estimate of drug-likeness (QED) is 0.0203. The normalized spacial score (nSPS) is 14.9. The maximum atomic E-state index is 14.3. The molecule has 0 aliphatic heterocycles. The molecule has 450 valence electrons. The van der Waals surface area contributed by atoms with Crippen LogP contribution in [0.15, 0.2) is 35.3 Å². The van der Waals surface area contributed by atoms with Gasteiger partial charge in [0.15, 0.2) is 5.96 Å². The van der Waals surface area contributed by atoms with Gasteiger partial charge in [0, 0.05) is 25.8 Å². The fourth-order valence-corrected chi connectivity index (χ4v) is 8.38. The monoisotopic (exact) mass is 1150 g/mol. The van der Waals surface area contributed by atoms with Gasteiger partial charge < -0.3 is 80.8 Å². The van der Waals surface area contributed by atoms with Crippen molar-refractivity contribution in [2.24, 2.45) is 45.7 Å². The number of unbranched alkanes of at least 4 members (excludes halogenated alkanes) is 1. The Labute approximate surface area is 471 Å². The van der Waals surface area contributed by atoms with Gasteiger partial charge in [-0.1, -0.05) is 78.3 Å². The molecule has 8 amide bonds. The highest BCUT2D eigenvalue weighted by atomic mass is 32.2. The van der Waals surface area contributed by atoms with Crippen LogP contribution in [-0.2, 0) is 59.2 Å². The largest absolute Gasteiger partial charge is 0.481 e. The molecule has 28 heteroatoms. The fourth-order valence-electron chi connectivity index (χ4n) is 7.91. The minimum atomic E-state index is -1.59. The molecule has 1 aromatic carbocycles. The van der Waals surface area contributed by atoms with E-state index in [4.69, 9.17) is 22.9 Å². The smallest absolute Gasteiger partial charge is 0.326 e. The van der Waals surface area contributed by atoms with E-state index >= 15 is 0 Å². The highest BCUT2D eigenvalue weighted by Crippen LogP contribution is 2.15. The standard InChI is InChI=1S/C52H87N13O14S/c1-8-30(6)42(65-46(73)33(18-12-13-24-53)59-44(71)34(19-21-38(66)67)58-43(70)32(54)17-14-25-57-52(55)56)50(77)64-41(29(4)5)49(76)60-35(20-22-39(68)69)47(74)63-40(28(2)3)48(75)61-36(23-26-80-7)45(72)62-37(51(78)79)27-31-15-10-9-11-16-31/h9-11,15-16,28-30,32-37,40-42H,8,12-14,17-27,53-54H2,1-7H3,(H,58,70)(H,59,71)(H,60,76)(H,61,75)(H,62,72)(H,63,74)(H,64,77)(H,65,73)(H,66,67)(H,68,69)(H,78,79)(H4,55,56,57)/t30-,32-,33-,34-,35-,36-,37-,40-,41-,42-/m0/s1. The van der Waals surface area contributed by atoms with E-state index in [0.717, 1.165) is 0 Å². The van der Waals surface area contributed by atoms with E-state index < -0.39 is 157 Å². The number of aliphatic imine (C=N–C) groups is 1. The molecule has 0 saturated heterocycles. The molecule has 19 N–H and O–H groups in total. The van der Waals surface area contributed by atoms with E-state index in [1.807, 2.05) is 0 Å². The number of carboxylic acids is 3. The Hall–Kier alpha value is -7.07. The van der Waals surface area contributed by atoms with Crippen LogP contribution in [0, 0.1) is 17.8 Å². The summed E-state index contributed by atoms with van der Waals surface area (Å²) in [5.74, 6) is -12.4. The maximum Gasteiger partial charge on any atom is 0.326 e. The molecule has 0 spiro atoms. The molecule has 80 heavy (non-hydrogen) atoms. The lowest BCUT2D eigenvalue weighted by atomic mass is 9.95. The number of benzene rings is 1. The molecule has 0 heterocycles. The molecular weight excluding hydrogens is 1060 g/mol. The number of hydrogen-bond acceptors (Lipinski definition) is 15. The van der Waals surface area contributed by atoms with Gasteiger partial charge in [0.25, 0.3) is 0 Å². The van der Waals surface area contributed by atoms with E-state index in [0.29, 0.717) is 37.0 Å². The van der Waals surface area contributed by atoms with Crippen LogP contribution in [-0.4, -0.2) is 166 Å². The zero-order valence-electron chi connectivity index (χ0n) is 46.9. The molecule has 0 aliphatic carbocycles. The van der Waals surface area contributed by atoms with Gasteiger partial charge in [-0.3, -0.25) is 52.9 Å². The molecule has 0 aromatic heterocycles. The number of carbonyl (C=O) groups is 11. The number of nitrogens with two attached hydrogens (primary N) is 4. The molecule has 1 rings (SSSR count). The Morgan fingerprint density at radius 1 is 0.537 bits per heavy atom. The Morgan fingerprint density at radius 2 is 0.963 bits per heavy atom. The summed E-state index contributed by atoms with van der Waals surface area (Å²) in [5, 5.41) is 49.6. The first kappa shape index (κ1) is 70.9. The summed E-state index contributed by atoms with van der Waals surface area (Å²) in [6.45, 7) is 10.2. The molecule has 1 aromatic rings. The van der Waals surface area contributed by atoms with Crippen molar-refractivity contribution in [3.05, 3.63) is 35.9 Å². The summed E-state index contributed by atoms with van der Waals surface area (Å²) in [4.78, 5) is 151. The average Bonchev–Trinajstić information content (AvgIpc) is 3.39. The second-order valence-corrected chi connectivity index (χ2v) is 21.1. The number of thioether (sulfide) groups is 1. The van der Waals surface area contributed by atoms with Crippen LogP contribution in [0.3, 0.4) is 0 Å². The predicted molar refractivity (Wildman–Crippen MR) is 300 cm³/mol. The van der Waals surface area contributed by atoms with E-state index in [-0.39, 0.29) is 51.2 Å². The number of amides is 8. The van der Waals surface area contributed by atoms with Gasteiger partial charge in [-0.2, -0.15) is 11.8 Å². The Balaban J connectivity index is 3.44. The number of guanidine groups is 1. The lowest BCUT2D eigenvalue weighted by Crippen LogP contribution is -2.62. The van der Waals surface area contributed by atoms with Crippen LogP contribution in [0.2, 0.25) is 0 Å². The van der Waals surface area contributed by atoms with Gasteiger partial charge in [0.05, 0.1) is 6.04 Å². The fraction of sp³-hybridized carbons (Fsp3) is 0.654. The zero-order valence-corrected chi connectivity index (χ0v) is 47.7. The van der Waals surface area contributed by atoms with Gasteiger partial charge in [-0.25, -0.2) is 4.79 Å². The van der Waals surface area contributed by atoms with Crippen molar-refractivity contribution in [1.82, 2.24) is 42.5 Å². The van der Waals surface area contributed by atoms with Crippen molar-refractivity contribution in [2.45, 2.75) is 173 Å². The minimum absolute atomic E-state index is 0.00000108. The summed E-state index contributed by atoms with van der Waals surface area (Å²) >= 11 is 1.37. The average molecular weight is 1150 g/mol. The maximum absolute atomic E-state index is 14.3. The third-order valence-electron chi connectivity index (χ3n) is 12.9. The summed E-state index contributed by atoms with van der Waals surface area (Å²) in [6, 6.07) is -3.57. The third kappa shape index (κ3) is 27.2. The minimum Gasteiger partial charge on any atom is -0.481 e. The van der Waals surface area contributed by atoms with Crippen LogP contribution in [0.4, 0.5) is 0 Å².